The molecule has 0 bridgehead atoms. The van der Waals surface area contributed by atoms with Gasteiger partial charge in [-0.15, -0.1) is 0 Å². The summed E-state index contributed by atoms with van der Waals surface area (Å²) in [4.78, 5) is 0. The molecule has 0 fully saturated rings. The first kappa shape index (κ1) is 11.2. The number of hydrogen-bond acceptors (Lipinski definition) is 3. The Labute approximate surface area is 100.0 Å². The molecule has 0 heterocycles. The Morgan fingerprint density at radius 3 is 2.41 bits per heavy atom. The van der Waals surface area contributed by atoms with Crippen molar-refractivity contribution in [3.63, 3.8) is 0 Å². The number of oxime groups is 1. The molecular formula is C14H13NO2. The Morgan fingerprint density at radius 1 is 1.06 bits per heavy atom. The predicted octanol–water partition coefficient (Wildman–Crippen LogP) is 3.17. The number of nitrogens with zero attached hydrogens (tertiary/aromatic N) is 1. The van der Waals surface area contributed by atoms with E-state index < -0.39 is 0 Å². The van der Waals surface area contributed by atoms with Gasteiger partial charge in [-0.25, -0.2) is 0 Å². The van der Waals surface area contributed by atoms with Crippen molar-refractivity contribution in [1.29, 1.82) is 0 Å². The molecule has 2 aromatic rings. The van der Waals surface area contributed by atoms with Crippen molar-refractivity contribution in [2.24, 2.45) is 5.16 Å². The van der Waals surface area contributed by atoms with Crippen LogP contribution in [0.4, 0.5) is 0 Å². The molecule has 0 aromatic heterocycles. The quantitative estimate of drug-likeness (QED) is 0.497. The van der Waals surface area contributed by atoms with Gasteiger partial charge in [0.25, 0.3) is 0 Å². The highest BCUT2D eigenvalue weighted by molar-refractivity contribution is 5.90. The monoisotopic (exact) mass is 227 g/mol. The summed E-state index contributed by atoms with van der Waals surface area (Å²) in [7, 11) is 1.64. The minimum absolute atomic E-state index is 0.821. The Morgan fingerprint density at radius 2 is 1.76 bits per heavy atom. The van der Waals surface area contributed by atoms with E-state index >= 15 is 0 Å². The lowest BCUT2D eigenvalue weighted by Crippen LogP contribution is -1.88. The molecule has 86 valence electrons. The zero-order valence-electron chi connectivity index (χ0n) is 9.50. The fraction of sp³-hybridized carbons (Fsp3) is 0.0714. The van der Waals surface area contributed by atoms with Crippen LogP contribution in [0.25, 0.3) is 11.1 Å². The fourth-order valence-corrected chi connectivity index (χ4v) is 1.71. The summed E-state index contributed by atoms with van der Waals surface area (Å²) in [6, 6.07) is 15.5. The number of ether oxygens (including phenoxy) is 1. The zero-order chi connectivity index (χ0) is 12.1. The maximum Gasteiger partial charge on any atom is 0.118 e. The van der Waals surface area contributed by atoms with E-state index in [0.717, 1.165) is 22.4 Å². The summed E-state index contributed by atoms with van der Waals surface area (Å²) in [6.45, 7) is 0. The van der Waals surface area contributed by atoms with Crippen molar-refractivity contribution in [3.8, 4) is 16.9 Å². The molecule has 0 unspecified atom stereocenters. The molecule has 0 amide bonds. The Balaban J connectivity index is 2.44. The molecule has 3 heteroatoms. The molecule has 17 heavy (non-hydrogen) atoms. The predicted molar refractivity (Wildman–Crippen MR) is 67.8 cm³/mol. The molecule has 0 spiro atoms. The zero-order valence-corrected chi connectivity index (χ0v) is 9.50. The second kappa shape index (κ2) is 5.16. The van der Waals surface area contributed by atoms with Gasteiger partial charge in [0.2, 0.25) is 0 Å². The molecule has 0 saturated carbocycles. The van der Waals surface area contributed by atoms with Crippen molar-refractivity contribution >= 4 is 6.21 Å². The third-order valence-electron chi connectivity index (χ3n) is 2.56. The van der Waals surface area contributed by atoms with Gasteiger partial charge in [-0.05, 0) is 23.3 Å². The second-order valence-corrected chi connectivity index (χ2v) is 3.56. The average Bonchev–Trinajstić information content (AvgIpc) is 2.40. The maximum atomic E-state index is 8.62. The largest absolute Gasteiger partial charge is 0.497 e. The van der Waals surface area contributed by atoms with E-state index in [1.807, 2.05) is 48.5 Å². The molecular weight excluding hydrogens is 214 g/mol. The standard InChI is InChI=1S/C14H13NO2/c1-17-13-8-6-11(7-9-13)14-5-3-2-4-12(14)10-15-16/h2-10,16H,1H3/b15-10+. The van der Waals surface area contributed by atoms with Crippen LogP contribution in [0.3, 0.4) is 0 Å². The molecule has 2 rings (SSSR count). The van der Waals surface area contributed by atoms with Crippen LogP contribution < -0.4 is 4.74 Å². The van der Waals surface area contributed by atoms with E-state index in [1.165, 1.54) is 6.21 Å². The minimum Gasteiger partial charge on any atom is -0.497 e. The highest BCUT2D eigenvalue weighted by atomic mass is 16.5. The van der Waals surface area contributed by atoms with Crippen molar-refractivity contribution in [2.75, 3.05) is 7.11 Å². The van der Waals surface area contributed by atoms with Gasteiger partial charge >= 0.3 is 0 Å². The van der Waals surface area contributed by atoms with Gasteiger partial charge < -0.3 is 9.94 Å². The third kappa shape index (κ3) is 2.45. The first-order valence-corrected chi connectivity index (χ1v) is 5.26. The van der Waals surface area contributed by atoms with Crippen molar-refractivity contribution < 1.29 is 9.94 Å². The van der Waals surface area contributed by atoms with Crippen LogP contribution in [0.5, 0.6) is 5.75 Å². The average molecular weight is 227 g/mol. The normalized spacial score (nSPS) is 10.6. The van der Waals surface area contributed by atoms with Crippen molar-refractivity contribution in [2.45, 2.75) is 0 Å². The molecule has 0 aliphatic carbocycles. The number of methoxy groups -OCH3 is 1. The van der Waals surface area contributed by atoms with Gasteiger partial charge in [0.1, 0.15) is 5.75 Å². The highest BCUT2D eigenvalue weighted by Crippen LogP contribution is 2.24. The molecule has 0 aliphatic rings. The molecule has 0 atom stereocenters. The number of hydrogen-bond donors (Lipinski definition) is 1. The highest BCUT2D eigenvalue weighted by Gasteiger charge is 2.02. The molecule has 0 saturated heterocycles. The van der Waals surface area contributed by atoms with Gasteiger partial charge in [-0.1, -0.05) is 41.6 Å². The van der Waals surface area contributed by atoms with Crippen LogP contribution in [0, 0.1) is 0 Å². The van der Waals surface area contributed by atoms with E-state index in [4.69, 9.17) is 9.94 Å². The summed E-state index contributed by atoms with van der Waals surface area (Å²) in [5, 5.41) is 11.7. The van der Waals surface area contributed by atoms with Gasteiger partial charge in [0.05, 0.1) is 13.3 Å². The molecule has 0 radical (unpaired) electrons. The van der Waals surface area contributed by atoms with Crippen LogP contribution in [-0.4, -0.2) is 18.5 Å². The van der Waals surface area contributed by atoms with Crippen LogP contribution in [0.2, 0.25) is 0 Å². The fourth-order valence-electron chi connectivity index (χ4n) is 1.71. The smallest absolute Gasteiger partial charge is 0.118 e. The lowest BCUT2D eigenvalue weighted by molar-refractivity contribution is 0.322. The summed E-state index contributed by atoms with van der Waals surface area (Å²) in [5.41, 5.74) is 2.95. The van der Waals surface area contributed by atoms with Gasteiger partial charge in [0, 0.05) is 5.56 Å². The summed E-state index contributed by atoms with van der Waals surface area (Å²) in [5.74, 6) is 0.821. The topological polar surface area (TPSA) is 41.8 Å². The van der Waals surface area contributed by atoms with E-state index in [2.05, 4.69) is 5.16 Å². The van der Waals surface area contributed by atoms with Gasteiger partial charge in [-0.3, -0.25) is 0 Å². The molecule has 1 N–H and O–H groups in total. The SMILES string of the molecule is COc1ccc(-c2ccccc2/C=N/O)cc1. The van der Waals surface area contributed by atoms with E-state index in [0.29, 0.717) is 0 Å². The van der Waals surface area contributed by atoms with Crippen LogP contribution in [-0.2, 0) is 0 Å². The van der Waals surface area contributed by atoms with Crippen LogP contribution in [0.1, 0.15) is 5.56 Å². The van der Waals surface area contributed by atoms with E-state index in [1.54, 1.807) is 7.11 Å². The Kier molecular flexibility index (Phi) is 3.40. The minimum atomic E-state index is 0.821. The lowest BCUT2D eigenvalue weighted by atomic mass is 10.0. The van der Waals surface area contributed by atoms with Gasteiger partial charge in [-0.2, -0.15) is 0 Å². The molecule has 2 aromatic carbocycles. The third-order valence-corrected chi connectivity index (χ3v) is 2.56. The molecule has 0 aliphatic heterocycles. The van der Waals surface area contributed by atoms with Crippen molar-refractivity contribution in [3.05, 3.63) is 54.1 Å². The maximum absolute atomic E-state index is 8.62. The number of rotatable bonds is 3. The first-order valence-electron chi connectivity index (χ1n) is 5.26. The molecule has 3 nitrogen and oxygen atoms in total. The van der Waals surface area contributed by atoms with E-state index in [9.17, 15) is 0 Å². The van der Waals surface area contributed by atoms with Gasteiger partial charge in [0.15, 0.2) is 0 Å². The lowest BCUT2D eigenvalue weighted by Gasteiger charge is -2.06. The Bertz CT molecular complexity index is 518. The van der Waals surface area contributed by atoms with Crippen LogP contribution >= 0.6 is 0 Å². The van der Waals surface area contributed by atoms with E-state index in [-0.39, 0.29) is 0 Å². The summed E-state index contributed by atoms with van der Waals surface area (Å²) >= 11 is 0. The summed E-state index contributed by atoms with van der Waals surface area (Å²) in [6.07, 6.45) is 1.43. The number of benzene rings is 2. The van der Waals surface area contributed by atoms with Crippen molar-refractivity contribution in [1.82, 2.24) is 0 Å². The van der Waals surface area contributed by atoms with Crippen LogP contribution in [0.15, 0.2) is 53.7 Å². The first-order chi connectivity index (χ1) is 8.35. The Hall–Kier alpha value is -2.29. The second-order valence-electron chi connectivity index (χ2n) is 3.56. The summed E-state index contributed by atoms with van der Waals surface area (Å²) < 4.78 is 5.12.